The molecule has 0 aromatic rings. The van der Waals surface area contributed by atoms with Crippen LogP contribution in [0.5, 0.6) is 0 Å². The Balaban J connectivity index is 2.47. The molecule has 1 saturated heterocycles. The second kappa shape index (κ2) is 4.07. The molecular weight excluding hydrogens is 170 g/mol. The molecule has 4 heteroatoms. The van der Waals surface area contributed by atoms with Gasteiger partial charge in [0.15, 0.2) is 6.23 Å². The summed E-state index contributed by atoms with van der Waals surface area (Å²) in [6.45, 7) is 5.64. The van der Waals surface area contributed by atoms with Gasteiger partial charge in [-0.2, -0.15) is 0 Å². The first kappa shape index (κ1) is 9.77. The van der Waals surface area contributed by atoms with Crippen LogP contribution in [-0.4, -0.2) is 29.5 Å². The van der Waals surface area contributed by atoms with Crippen LogP contribution in [0.3, 0.4) is 0 Å². The lowest BCUT2D eigenvalue weighted by atomic mass is 10.4. The number of ether oxygens (including phenoxy) is 1. The Morgan fingerprint density at radius 1 is 1.77 bits per heavy atom. The van der Waals surface area contributed by atoms with Crippen molar-refractivity contribution < 1.29 is 14.3 Å². The number of hydrogen-bond acceptors (Lipinski definition) is 3. The van der Waals surface area contributed by atoms with E-state index in [1.54, 1.807) is 11.8 Å². The number of nitrogens with zero attached hydrogens (tertiary/aromatic N) is 1. The number of carbonyl (C=O) groups is 2. The van der Waals surface area contributed by atoms with Crippen LogP contribution in [0.2, 0.25) is 0 Å². The summed E-state index contributed by atoms with van der Waals surface area (Å²) >= 11 is 0. The summed E-state index contributed by atoms with van der Waals surface area (Å²) in [5.74, 6) is -0.448. The van der Waals surface area contributed by atoms with Crippen molar-refractivity contribution in [3.63, 3.8) is 0 Å². The normalized spacial score (nSPS) is 18.5. The number of carbonyl (C=O) groups excluding carboxylic acids is 2. The fraction of sp³-hybridized carbons (Fsp3) is 0.556. The van der Waals surface area contributed by atoms with Gasteiger partial charge in [0, 0.05) is 19.0 Å². The predicted molar refractivity (Wildman–Crippen MR) is 46.7 cm³/mol. The summed E-state index contributed by atoms with van der Waals surface area (Å²) in [6.07, 6.45) is 2.02. The average Bonchev–Trinajstić information content (AvgIpc) is 2.51. The highest BCUT2D eigenvalue weighted by molar-refractivity contribution is 5.82. The Labute approximate surface area is 77.2 Å². The molecule has 0 aliphatic carbocycles. The van der Waals surface area contributed by atoms with Crippen molar-refractivity contribution in [3.05, 3.63) is 12.7 Å². The van der Waals surface area contributed by atoms with Gasteiger partial charge in [0.05, 0.1) is 0 Å². The van der Waals surface area contributed by atoms with E-state index < -0.39 is 12.2 Å². The molecular formula is C9H13NO3. The molecule has 0 N–H and O–H groups in total. The highest BCUT2D eigenvalue weighted by Gasteiger charge is 2.26. The fourth-order valence-corrected chi connectivity index (χ4v) is 1.33. The second-order valence-corrected chi connectivity index (χ2v) is 2.93. The zero-order valence-corrected chi connectivity index (χ0v) is 7.66. The third kappa shape index (κ3) is 2.31. The lowest BCUT2D eigenvalue weighted by Gasteiger charge is -2.23. The molecule has 1 unspecified atom stereocenters. The van der Waals surface area contributed by atoms with E-state index in [0.717, 1.165) is 12.5 Å². The highest BCUT2D eigenvalue weighted by Crippen LogP contribution is 2.14. The molecule has 0 spiro atoms. The minimum atomic E-state index is -0.493. The highest BCUT2D eigenvalue weighted by atomic mass is 16.6. The Morgan fingerprint density at radius 3 is 2.92 bits per heavy atom. The molecule has 1 fully saturated rings. The molecule has 0 bridgehead atoms. The van der Waals surface area contributed by atoms with E-state index in [4.69, 9.17) is 4.74 Å². The van der Waals surface area contributed by atoms with Crippen molar-refractivity contribution in [2.75, 3.05) is 6.54 Å². The van der Waals surface area contributed by atoms with Crippen LogP contribution in [0.4, 0.5) is 0 Å². The van der Waals surface area contributed by atoms with E-state index >= 15 is 0 Å². The molecule has 1 heterocycles. The molecule has 1 aliphatic rings. The standard InChI is InChI=1S/C9H13NO3/c1-3-9(12)13-7(2)10-6-4-5-8(10)11/h3,7H,1,4-6H2,2H3. The minimum absolute atomic E-state index is 0.0457. The van der Waals surface area contributed by atoms with E-state index in [0.29, 0.717) is 13.0 Å². The summed E-state index contributed by atoms with van der Waals surface area (Å²) in [5, 5.41) is 0. The summed E-state index contributed by atoms with van der Waals surface area (Å²) in [5.41, 5.74) is 0. The Kier molecular flexibility index (Phi) is 3.06. The third-order valence-corrected chi connectivity index (χ3v) is 2.00. The molecule has 1 rings (SSSR count). The molecule has 13 heavy (non-hydrogen) atoms. The lowest BCUT2D eigenvalue weighted by molar-refractivity contribution is -0.155. The molecule has 1 amide bonds. The monoisotopic (exact) mass is 183 g/mol. The van der Waals surface area contributed by atoms with Crippen LogP contribution in [0.1, 0.15) is 19.8 Å². The van der Waals surface area contributed by atoms with Gasteiger partial charge in [-0.1, -0.05) is 6.58 Å². The second-order valence-electron chi connectivity index (χ2n) is 2.93. The number of rotatable bonds is 3. The number of likely N-dealkylation sites (tertiary alicyclic amines) is 1. The maximum Gasteiger partial charge on any atom is 0.332 e. The van der Waals surface area contributed by atoms with Gasteiger partial charge in [0.2, 0.25) is 5.91 Å². The van der Waals surface area contributed by atoms with E-state index in [1.807, 2.05) is 0 Å². The summed E-state index contributed by atoms with van der Waals surface area (Å²) in [6, 6.07) is 0. The van der Waals surface area contributed by atoms with E-state index in [1.165, 1.54) is 0 Å². The van der Waals surface area contributed by atoms with Crippen LogP contribution in [0.25, 0.3) is 0 Å². The van der Waals surface area contributed by atoms with Crippen LogP contribution < -0.4 is 0 Å². The quantitative estimate of drug-likeness (QED) is 0.477. The smallest absolute Gasteiger partial charge is 0.332 e. The zero-order valence-electron chi connectivity index (χ0n) is 7.66. The number of amides is 1. The Morgan fingerprint density at radius 2 is 2.46 bits per heavy atom. The summed E-state index contributed by atoms with van der Waals surface area (Å²) < 4.78 is 4.90. The molecule has 0 aromatic carbocycles. The van der Waals surface area contributed by atoms with Crippen molar-refractivity contribution in [1.29, 1.82) is 0 Å². The van der Waals surface area contributed by atoms with E-state index in [2.05, 4.69) is 6.58 Å². The van der Waals surface area contributed by atoms with Crippen LogP contribution >= 0.6 is 0 Å². The van der Waals surface area contributed by atoms with E-state index in [9.17, 15) is 9.59 Å². The fourth-order valence-electron chi connectivity index (χ4n) is 1.33. The van der Waals surface area contributed by atoms with Crippen molar-refractivity contribution in [2.45, 2.75) is 26.0 Å². The maximum atomic E-state index is 11.2. The molecule has 4 nitrogen and oxygen atoms in total. The first-order chi connectivity index (χ1) is 6.15. The summed E-state index contributed by atoms with van der Waals surface area (Å²) in [4.78, 5) is 23.6. The van der Waals surface area contributed by atoms with Crippen molar-refractivity contribution in [3.8, 4) is 0 Å². The van der Waals surface area contributed by atoms with Gasteiger partial charge in [-0.3, -0.25) is 4.79 Å². The average molecular weight is 183 g/mol. The van der Waals surface area contributed by atoms with Gasteiger partial charge in [0.1, 0.15) is 0 Å². The first-order valence-electron chi connectivity index (χ1n) is 4.27. The van der Waals surface area contributed by atoms with Gasteiger partial charge < -0.3 is 9.64 Å². The SMILES string of the molecule is C=CC(=O)OC(C)N1CCCC1=O. The predicted octanol–water partition coefficient (Wildman–Crippen LogP) is 0.684. The van der Waals surface area contributed by atoms with Crippen LogP contribution in [-0.2, 0) is 14.3 Å². The number of hydrogen-bond donors (Lipinski definition) is 0. The van der Waals surface area contributed by atoms with Crippen molar-refractivity contribution in [1.82, 2.24) is 4.90 Å². The van der Waals surface area contributed by atoms with Gasteiger partial charge in [0.25, 0.3) is 0 Å². The van der Waals surface area contributed by atoms with E-state index in [-0.39, 0.29) is 5.91 Å². The maximum absolute atomic E-state index is 11.2. The Hall–Kier alpha value is -1.32. The summed E-state index contributed by atoms with van der Waals surface area (Å²) in [7, 11) is 0. The first-order valence-corrected chi connectivity index (χ1v) is 4.27. The van der Waals surface area contributed by atoms with Crippen LogP contribution in [0.15, 0.2) is 12.7 Å². The lowest BCUT2D eigenvalue weighted by Crippen LogP contribution is -2.37. The minimum Gasteiger partial charge on any atom is -0.439 e. The molecule has 72 valence electrons. The largest absolute Gasteiger partial charge is 0.439 e. The van der Waals surface area contributed by atoms with Gasteiger partial charge in [-0.05, 0) is 13.3 Å². The molecule has 1 aliphatic heterocycles. The molecule has 1 atom stereocenters. The number of esters is 1. The Bertz CT molecular complexity index is 237. The van der Waals surface area contributed by atoms with Crippen molar-refractivity contribution in [2.24, 2.45) is 0 Å². The molecule has 0 saturated carbocycles. The zero-order chi connectivity index (χ0) is 9.84. The van der Waals surface area contributed by atoms with Crippen LogP contribution in [0, 0.1) is 0 Å². The van der Waals surface area contributed by atoms with Gasteiger partial charge >= 0.3 is 5.97 Å². The third-order valence-electron chi connectivity index (χ3n) is 2.00. The molecule has 0 radical (unpaired) electrons. The molecule has 0 aromatic heterocycles. The van der Waals surface area contributed by atoms with Crippen molar-refractivity contribution >= 4 is 11.9 Å². The van der Waals surface area contributed by atoms with Gasteiger partial charge in [-0.25, -0.2) is 4.79 Å². The van der Waals surface area contributed by atoms with Gasteiger partial charge in [-0.15, -0.1) is 0 Å². The topological polar surface area (TPSA) is 46.6 Å².